The minimum Gasteiger partial charge on any atom is -0.353 e. The standard InChI is InChI=1S/C24H27N7O2/c1-17-4-6-20(7-5-17)30-16-19(14-23(30)32)24(33)29-12-10-28(11-13-29)21-15-22(27-18(2)26-21)31-9-3-8-25-31/h3-9,15,19H,10-14,16H2,1-2H3. The van der Waals surface area contributed by atoms with Crippen molar-refractivity contribution < 1.29 is 9.59 Å². The van der Waals surface area contributed by atoms with Crippen LogP contribution in [0.1, 0.15) is 17.8 Å². The molecule has 33 heavy (non-hydrogen) atoms. The fraction of sp³-hybridized carbons (Fsp3) is 0.375. The fourth-order valence-corrected chi connectivity index (χ4v) is 4.48. The number of rotatable bonds is 4. The molecular weight excluding hydrogens is 418 g/mol. The van der Waals surface area contributed by atoms with Crippen LogP contribution in [0.25, 0.3) is 5.82 Å². The predicted molar refractivity (Wildman–Crippen MR) is 124 cm³/mol. The van der Waals surface area contributed by atoms with Gasteiger partial charge in [0, 0.05) is 63.3 Å². The summed E-state index contributed by atoms with van der Waals surface area (Å²) in [6.45, 7) is 6.91. The average molecular weight is 446 g/mol. The number of benzene rings is 1. The molecule has 5 rings (SSSR count). The lowest BCUT2D eigenvalue weighted by atomic mass is 10.1. The van der Waals surface area contributed by atoms with Crippen LogP contribution >= 0.6 is 0 Å². The fourth-order valence-electron chi connectivity index (χ4n) is 4.48. The second-order valence-electron chi connectivity index (χ2n) is 8.64. The van der Waals surface area contributed by atoms with Gasteiger partial charge in [0.15, 0.2) is 5.82 Å². The lowest BCUT2D eigenvalue weighted by molar-refractivity contribution is -0.136. The number of aromatic nitrogens is 4. The SMILES string of the molecule is Cc1ccc(N2CC(C(=O)N3CCN(c4cc(-n5cccn5)nc(C)n4)CC3)CC2=O)cc1. The molecule has 0 spiro atoms. The van der Waals surface area contributed by atoms with Crippen LogP contribution in [0, 0.1) is 19.8 Å². The van der Waals surface area contributed by atoms with E-state index in [2.05, 4.69) is 20.0 Å². The Labute approximate surface area is 192 Å². The van der Waals surface area contributed by atoms with Crippen molar-refractivity contribution in [1.82, 2.24) is 24.6 Å². The monoisotopic (exact) mass is 445 g/mol. The van der Waals surface area contributed by atoms with Crippen molar-refractivity contribution in [2.45, 2.75) is 20.3 Å². The Balaban J connectivity index is 1.22. The molecule has 1 aromatic carbocycles. The maximum absolute atomic E-state index is 13.2. The lowest BCUT2D eigenvalue weighted by Crippen LogP contribution is -2.51. The highest BCUT2D eigenvalue weighted by Crippen LogP contribution is 2.27. The van der Waals surface area contributed by atoms with Crippen molar-refractivity contribution in [3.05, 3.63) is 60.2 Å². The predicted octanol–water partition coefficient (Wildman–Crippen LogP) is 1.98. The first-order valence-electron chi connectivity index (χ1n) is 11.2. The first kappa shape index (κ1) is 21.1. The molecule has 2 aromatic heterocycles. The number of nitrogens with zero attached hydrogens (tertiary/aromatic N) is 7. The molecule has 2 amide bonds. The van der Waals surface area contributed by atoms with Gasteiger partial charge < -0.3 is 14.7 Å². The number of hydrogen-bond donors (Lipinski definition) is 0. The summed E-state index contributed by atoms with van der Waals surface area (Å²) in [6, 6.07) is 11.6. The summed E-state index contributed by atoms with van der Waals surface area (Å²) in [5.74, 6) is 2.02. The van der Waals surface area contributed by atoms with Crippen molar-refractivity contribution in [2.24, 2.45) is 5.92 Å². The van der Waals surface area contributed by atoms with E-state index in [1.165, 1.54) is 0 Å². The van der Waals surface area contributed by atoms with Gasteiger partial charge in [-0.3, -0.25) is 9.59 Å². The Kier molecular flexibility index (Phi) is 5.53. The summed E-state index contributed by atoms with van der Waals surface area (Å²) in [5, 5.41) is 4.26. The largest absolute Gasteiger partial charge is 0.353 e. The molecule has 4 heterocycles. The van der Waals surface area contributed by atoms with E-state index < -0.39 is 0 Å². The van der Waals surface area contributed by atoms with Crippen LogP contribution in [0.5, 0.6) is 0 Å². The molecule has 2 fully saturated rings. The third kappa shape index (κ3) is 4.30. The molecule has 0 bridgehead atoms. The van der Waals surface area contributed by atoms with Gasteiger partial charge in [0.2, 0.25) is 11.8 Å². The van der Waals surface area contributed by atoms with E-state index in [0.29, 0.717) is 38.5 Å². The number of carbonyl (C=O) groups excluding carboxylic acids is 2. The van der Waals surface area contributed by atoms with Crippen molar-refractivity contribution in [3.63, 3.8) is 0 Å². The normalized spacial score (nSPS) is 18.8. The van der Waals surface area contributed by atoms with Crippen LogP contribution < -0.4 is 9.80 Å². The molecule has 2 aliphatic rings. The Morgan fingerprint density at radius 3 is 2.42 bits per heavy atom. The van der Waals surface area contributed by atoms with E-state index in [1.54, 1.807) is 15.8 Å². The van der Waals surface area contributed by atoms with Crippen LogP contribution in [0.15, 0.2) is 48.8 Å². The molecule has 0 N–H and O–H groups in total. The molecule has 9 heteroatoms. The molecule has 9 nitrogen and oxygen atoms in total. The maximum Gasteiger partial charge on any atom is 0.228 e. The molecule has 170 valence electrons. The van der Waals surface area contributed by atoms with Crippen molar-refractivity contribution in [2.75, 3.05) is 42.5 Å². The average Bonchev–Trinajstić information content (AvgIpc) is 3.49. The number of carbonyl (C=O) groups is 2. The smallest absolute Gasteiger partial charge is 0.228 e. The van der Waals surface area contributed by atoms with Gasteiger partial charge in [-0.1, -0.05) is 17.7 Å². The van der Waals surface area contributed by atoms with Crippen LogP contribution in [0.2, 0.25) is 0 Å². The van der Waals surface area contributed by atoms with E-state index in [4.69, 9.17) is 0 Å². The van der Waals surface area contributed by atoms with E-state index in [-0.39, 0.29) is 24.2 Å². The molecule has 0 aliphatic carbocycles. The zero-order chi connectivity index (χ0) is 22.9. The molecule has 1 unspecified atom stereocenters. The van der Waals surface area contributed by atoms with Gasteiger partial charge in [0.05, 0.1) is 5.92 Å². The highest BCUT2D eigenvalue weighted by molar-refractivity contribution is 6.00. The quantitative estimate of drug-likeness (QED) is 0.610. The summed E-state index contributed by atoms with van der Waals surface area (Å²) in [6.07, 6.45) is 3.84. The second-order valence-corrected chi connectivity index (χ2v) is 8.64. The first-order valence-corrected chi connectivity index (χ1v) is 11.2. The van der Waals surface area contributed by atoms with Gasteiger partial charge in [-0.2, -0.15) is 5.10 Å². The minimum atomic E-state index is -0.293. The third-order valence-electron chi connectivity index (χ3n) is 6.29. The van der Waals surface area contributed by atoms with Crippen LogP contribution in [-0.2, 0) is 9.59 Å². The van der Waals surface area contributed by atoms with Crippen LogP contribution in [0.4, 0.5) is 11.5 Å². The Bertz CT molecular complexity index is 1150. The zero-order valence-electron chi connectivity index (χ0n) is 18.9. The lowest BCUT2D eigenvalue weighted by Gasteiger charge is -2.36. The van der Waals surface area contributed by atoms with E-state index in [0.717, 1.165) is 22.9 Å². The molecule has 0 saturated carbocycles. The highest BCUT2D eigenvalue weighted by Gasteiger charge is 2.38. The van der Waals surface area contributed by atoms with E-state index in [9.17, 15) is 9.59 Å². The Hall–Kier alpha value is -3.75. The van der Waals surface area contributed by atoms with E-state index >= 15 is 0 Å². The number of anilines is 2. The number of piperazine rings is 1. The summed E-state index contributed by atoms with van der Waals surface area (Å²) in [5.41, 5.74) is 2.00. The highest BCUT2D eigenvalue weighted by atomic mass is 16.2. The third-order valence-corrected chi connectivity index (χ3v) is 6.29. The Morgan fingerprint density at radius 2 is 1.73 bits per heavy atom. The van der Waals surface area contributed by atoms with Crippen LogP contribution in [-0.4, -0.2) is 69.2 Å². The summed E-state index contributed by atoms with van der Waals surface area (Å²) in [4.78, 5) is 40.6. The number of hydrogen-bond acceptors (Lipinski definition) is 6. The molecule has 3 aromatic rings. The van der Waals surface area contributed by atoms with Gasteiger partial charge in [-0.25, -0.2) is 14.6 Å². The molecule has 1 atom stereocenters. The van der Waals surface area contributed by atoms with Crippen molar-refractivity contribution >= 4 is 23.3 Å². The molecule has 2 aliphatic heterocycles. The summed E-state index contributed by atoms with van der Waals surface area (Å²) in [7, 11) is 0. The molecule has 2 saturated heterocycles. The van der Waals surface area contributed by atoms with Crippen molar-refractivity contribution in [1.29, 1.82) is 0 Å². The van der Waals surface area contributed by atoms with Gasteiger partial charge in [0.1, 0.15) is 11.6 Å². The summed E-state index contributed by atoms with van der Waals surface area (Å²) < 4.78 is 1.72. The van der Waals surface area contributed by atoms with Gasteiger partial charge >= 0.3 is 0 Å². The second kappa shape index (κ2) is 8.65. The molecule has 0 radical (unpaired) electrons. The minimum absolute atomic E-state index is 0.0125. The van der Waals surface area contributed by atoms with Crippen molar-refractivity contribution in [3.8, 4) is 5.82 Å². The topological polar surface area (TPSA) is 87.5 Å². The van der Waals surface area contributed by atoms with Gasteiger partial charge in [-0.15, -0.1) is 0 Å². The number of aryl methyl sites for hydroxylation is 2. The summed E-state index contributed by atoms with van der Waals surface area (Å²) >= 11 is 0. The first-order chi connectivity index (χ1) is 16.0. The maximum atomic E-state index is 13.2. The molecular formula is C24H27N7O2. The zero-order valence-corrected chi connectivity index (χ0v) is 18.9. The van der Waals surface area contributed by atoms with E-state index in [1.807, 2.05) is 61.3 Å². The van der Waals surface area contributed by atoms with Crippen LogP contribution in [0.3, 0.4) is 0 Å². The van der Waals surface area contributed by atoms with Gasteiger partial charge in [0.25, 0.3) is 0 Å². The van der Waals surface area contributed by atoms with Gasteiger partial charge in [-0.05, 0) is 32.0 Å². The number of amides is 2. The Morgan fingerprint density at radius 1 is 1.00 bits per heavy atom.